The van der Waals surface area contributed by atoms with Crippen LogP contribution in [0, 0.1) is 22.7 Å². The molecule has 1 aromatic carbocycles. The number of carbonyl (C=O) groups is 1. The first kappa shape index (κ1) is 36.5. The first-order valence-electron chi connectivity index (χ1n) is 12.2. The summed E-state index contributed by atoms with van der Waals surface area (Å²) in [5.41, 5.74) is 3.70. The maximum absolute atomic E-state index is 11.8. The minimum Gasteiger partial charge on any atom is -0.434 e. The minimum atomic E-state index is -0.708. The van der Waals surface area contributed by atoms with Crippen molar-refractivity contribution in [3.8, 4) is 23.8 Å². The molecule has 11 heteroatoms. The van der Waals surface area contributed by atoms with Crippen molar-refractivity contribution in [2.24, 2.45) is 5.10 Å². The number of hydrogen-bond donors (Lipinski definition) is 2. The molecule has 9 nitrogen and oxygen atoms in total. The Morgan fingerprint density at radius 2 is 1.63 bits per heavy atom. The lowest BCUT2D eigenvalue weighted by atomic mass is 10.0. The molecule has 0 atom stereocenters. The largest absolute Gasteiger partial charge is 0.434 e. The average molecular weight is 563 g/mol. The Morgan fingerprint density at radius 1 is 1.11 bits per heavy atom. The average Bonchev–Trinajstić information content (AvgIpc) is 2.89. The summed E-state index contributed by atoms with van der Waals surface area (Å²) in [5.74, 6) is -0.445. The maximum Gasteiger partial charge on any atom is 0.286 e. The second kappa shape index (κ2) is 20.4. The summed E-state index contributed by atoms with van der Waals surface area (Å²) in [5, 5.41) is 32.3. The number of anilines is 1. The number of carbonyl (C=O) groups excluding carboxylic acids is 1. The first-order chi connectivity index (χ1) is 18.1. The van der Waals surface area contributed by atoms with Crippen LogP contribution in [-0.4, -0.2) is 21.8 Å². The number of halogens is 2. The maximum atomic E-state index is 11.8. The number of hydrogen-bond acceptors (Lipinski definition) is 8. The van der Waals surface area contributed by atoms with Crippen LogP contribution in [0.1, 0.15) is 85.9 Å². The van der Waals surface area contributed by atoms with E-state index < -0.39 is 11.6 Å². The normalized spacial score (nSPS) is 9.58. The minimum absolute atomic E-state index is 0.0271. The number of allylic oxidation sites excluding steroid dienone is 1. The number of aromatic nitrogens is 2. The van der Waals surface area contributed by atoms with E-state index in [1.165, 1.54) is 18.6 Å². The van der Waals surface area contributed by atoms with Crippen LogP contribution in [0.2, 0.25) is 10.0 Å². The second-order valence-corrected chi connectivity index (χ2v) is 8.06. The molecule has 1 heterocycles. The van der Waals surface area contributed by atoms with Gasteiger partial charge in [0.15, 0.2) is 11.4 Å². The molecular formula is C27H37Cl2N7O2. The van der Waals surface area contributed by atoms with Crippen molar-refractivity contribution in [1.82, 2.24) is 15.5 Å². The van der Waals surface area contributed by atoms with E-state index in [0.29, 0.717) is 16.9 Å². The molecule has 0 radical (unpaired) electrons. The number of benzene rings is 1. The lowest BCUT2D eigenvalue weighted by Gasteiger charge is -2.12. The Balaban J connectivity index is 0. The van der Waals surface area contributed by atoms with E-state index >= 15 is 0 Å². The summed E-state index contributed by atoms with van der Waals surface area (Å²) in [6.07, 6.45) is 1.25. The lowest BCUT2D eigenvalue weighted by molar-refractivity contribution is -0.114. The summed E-state index contributed by atoms with van der Waals surface area (Å²) < 4.78 is 5.68. The highest BCUT2D eigenvalue weighted by molar-refractivity contribution is 6.45. The van der Waals surface area contributed by atoms with Gasteiger partial charge in [0.25, 0.3) is 5.91 Å². The van der Waals surface area contributed by atoms with Crippen molar-refractivity contribution >= 4 is 40.5 Å². The molecular weight excluding hydrogens is 525 g/mol. The molecule has 2 aromatic rings. The van der Waals surface area contributed by atoms with E-state index in [0.717, 1.165) is 0 Å². The predicted molar refractivity (Wildman–Crippen MR) is 156 cm³/mol. The Morgan fingerprint density at radius 3 is 2.05 bits per heavy atom. The topological polar surface area (TPSA) is 136 Å². The van der Waals surface area contributed by atoms with Gasteiger partial charge in [0.2, 0.25) is 11.6 Å². The quantitative estimate of drug-likeness (QED) is 0.258. The first-order valence-corrected chi connectivity index (χ1v) is 13.0. The molecule has 0 unspecified atom stereocenters. The third-order valence-corrected chi connectivity index (χ3v) is 4.24. The van der Waals surface area contributed by atoms with E-state index in [2.05, 4.69) is 46.5 Å². The summed E-state index contributed by atoms with van der Waals surface area (Å²) in [7, 11) is 0. The molecule has 0 aliphatic rings. The fourth-order valence-electron chi connectivity index (χ4n) is 2.29. The van der Waals surface area contributed by atoms with Crippen LogP contribution in [-0.2, 0) is 4.79 Å². The zero-order valence-corrected chi connectivity index (χ0v) is 25.0. The monoisotopic (exact) mass is 561 g/mol. The van der Waals surface area contributed by atoms with E-state index in [1.54, 1.807) is 19.1 Å². The van der Waals surface area contributed by atoms with Crippen molar-refractivity contribution < 1.29 is 9.53 Å². The smallest absolute Gasteiger partial charge is 0.286 e. The molecule has 38 heavy (non-hydrogen) atoms. The highest BCUT2D eigenvalue weighted by Gasteiger charge is 2.16. The van der Waals surface area contributed by atoms with E-state index in [4.69, 9.17) is 38.5 Å². The lowest BCUT2D eigenvalue weighted by Crippen LogP contribution is -2.29. The van der Waals surface area contributed by atoms with Crippen LogP contribution < -0.4 is 15.5 Å². The molecule has 0 aliphatic heterocycles. The van der Waals surface area contributed by atoms with Gasteiger partial charge in [0.1, 0.15) is 12.1 Å². The Hall–Kier alpha value is -3.66. The van der Waals surface area contributed by atoms with Crippen molar-refractivity contribution in [2.75, 3.05) is 5.43 Å². The molecule has 2 rings (SSSR count). The molecule has 1 amide bonds. The van der Waals surface area contributed by atoms with Gasteiger partial charge < -0.3 is 10.1 Å². The van der Waals surface area contributed by atoms with Gasteiger partial charge >= 0.3 is 0 Å². The zero-order chi connectivity index (χ0) is 29.8. The molecule has 0 fully saturated rings. The molecule has 206 valence electrons. The van der Waals surface area contributed by atoms with Crippen molar-refractivity contribution in [1.29, 1.82) is 10.5 Å². The van der Waals surface area contributed by atoms with Crippen molar-refractivity contribution in [3.05, 3.63) is 51.8 Å². The number of nitriles is 2. The molecule has 0 saturated carbocycles. The molecule has 0 spiro atoms. The summed E-state index contributed by atoms with van der Waals surface area (Å²) >= 11 is 12.5. The molecule has 0 aliphatic carbocycles. The summed E-state index contributed by atoms with van der Waals surface area (Å²) in [6, 6.07) is 8.15. The van der Waals surface area contributed by atoms with E-state index in [-0.39, 0.29) is 33.3 Å². The number of amides is 1. The van der Waals surface area contributed by atoms with Crippen LogP contribution in [0.4, 0.5) is 5.69 Å². The zero-order valence-electron chi connectivity index (χ0n) is 23.5. The van der Waals surface area contributed by atoms with Crippen LogP contribution in [0.15, 0.2) is 35.6 Å². The Kier molecular flexibility index (Phi) is 19.6. The van der Waals surface area contributed by atoms with Crippen molar-refractivity contribution in [3.63, 3.8) is 0 Å². The van der Waals surface area contributed by atoms with Gasteiger partial charge in [-0.1, -0.05) is 91.6 Å². The highest BCUT2D eigenvalue weighted by Crippen LogP contribution is 2.38. The molecule has 1 aromatic heterocycles. The van der Waals surface area contributed by atoms with Gasteiger partial charge in [-0.15, -0.1) is 10.2 Å². The van der Waals surface area contributed by atoms with Crippen LogP contribution in [0.25, 0.3) is 0 Å². The van der Waals surface area contributed by atoms with E-state index in [9.17, 15) is 4.79 Å². The fraction of sp³-hybridized carbons (Fsp3) is 0.407. The van der Waals surface area contributed by atoms with Crippen LogP contribution >= 0.6 is 23.2 Å². The molecule has 2 N–H and O–H groups in total. The Labute approximate surface area is 236 Å². The Bertz CT molecular complexity index is 1140. The van der Waals surface area contributed by atoms with Gasteiger partial charge in [-0.3, -0.25) is 10.2 Å². The summed E-state index contributed by atoms with van der Waals surface area (Å²) in [6.45, 7) is 21.2. The number of rotatable bonds is 7. The van der Waals surface area contributed by atoms with Gasteiger partial charge in [-0.25, -0.2) is 0 Å². The number of hydrazone groups is 1. The number of ether oxygens (including phenoxy) is 1. The fourth-order valence-corrected chi connectivity index (χ4v) is 2.85. The summed E-state index contributed by atoms with van der Waals surface area (Å²) in [4.78, 5) is 11.8. The second-order valence-electron chi connectivity index (χ2n) is 7.25. The SMILES string of the molecule is C=C(C)NC(=O)/C(C#N)=N\Nc1cc(Cl)c(Oc2cc(C(C)C)c(C#N)nn2)c(Cl)c1.CC.CC.CCC. The third kappa shape index (κ3) is 12.5. The van der Waals surface area contributed by atoms with Gasteiger partial charge in [0.05, 0.1) is 15.7 Å². The highest BCUT2D eigenvalue weighted by atomic mass is 35.5. The number of nitrogens with one attached hydrogen (secondary N) is 2. The predicted octanol–water partition coefficient (Wildman–Crippen LogP) is 7.98. The number of nitrogens with zero attached hydrogens (tertiary/aromatic N) is 5. The molecule has 0 bridgehead atoms. The van der Waals surface area contributed by atoms with Crippen molar-refractivity contribution in [2.45, 2.75) is 74.7 Å². The van der Waals surface area contributed by atoms with Gasteiger partial charge in [-0.05, 0) is 30.5 Å². The van der Waals surface area contributed by atoms with Crippen LogP contribution in [0.5, 0.6) is 11.6 Å². The third-order valence-electron chi connectivity index (χ3n) is 3.68. The molecule has 0 saturated heterocycles. The standard InChI is InChI=1S/C20H17Cl2N7O2.C3H8.2C2H6/c1-10(2)13-7-18(29-27-16(13)8-23)31-19-14(21)5-12(6-15(19)22)26-28-17(9-24)20(30)25-11(3)4;1-3-2;2*1-2/h5-7,10,26H,3H2,1-2,4H3,(H,25,30);3H2,1-2H3;2*1-2H3/b28-17-;;;. The van der Waals surface area contributed by atoms with Gasteiger partial charge in [-0.2, -0.15) is 15.6 Å². The van der Waals surface area contributed by atoms with Crippen LogP contribution in [0.3, 0.4) is 0 Å². The van der Waals surface area contributed by atoms with E-state index in [1.807, 2.05) is 47.6 Å². The van der Waals surface area contributed by atoms with Gasteiger partial charge in [0, 0.05) is 11.8 Å².